The number of rotatable bonds is 4. The van der Waals surface area contributed by atoms with E-state index >= 15 is 0 Å². The lowest BCUT2D eigenvalue weighted by molar-refractivity contribution is 0.296. The van der Waals surface area contributed by atoms with Gasteiger partial charge in [-0.3, -0.25) is 0 Å². The summed E-state index contributed by atoms with van der Waals surface area (Å²) in [6.45, 7) is 1.69. The number of benzene rings is 2. The van der Waals surface area contributed by atoms with Crippen molar-refractivity contribution >= 4 is 26.0 Å². The molecule has 2 aliphatic heterocycles. The minimum atomic E-state index is -3.72. The van der Waals surface area contributed by atoms with Crippen LogP contribution >= 0.6 is 15.9 Å². The molecule has 0 aliphatic carbocycles. The van der Waals surface area contributed by atoms with Gasteiger partial charge in [0.15, 0.2) is 11.5 Å². The van der Waals surface area contributed by atoms with E-state index in [-0.39, 0.29) is 10.9 Å². The van der Waals surface area contributed by atoms with E-state index in [9.17, 15) is 8.42 Å². The van der Waals surface area contributed by atoms with E-state index in [1.807, 2.05) is 18.2 Å². The Kier molecular flexibility index (Phi) is 5.53. The zero-order chi connectivity index (χ0) is 19.7. The highest BCUT2D eigenvalue weighted by atomic mass is 79.9. The molecule has 0 N–H and O–H groups in total. The Morgan fingerprint density at radius 2 is 1.86 bits per heavy atom. The van der Waals surface area contributed by atoms with Crippen LogP contribution in [0.2, 0.25) is 0 Å². The average molecular weight is 468 g/mol. The first-order valence-corrected chi connectivity index (χ1v) is 11.5. The van der Waals surface area contributed by atoms with Crippen LogP contribution in [0.4, 0.5) is 0 Å². The van der Waals surface area contributed by atoms with Gasteiger partial charge in [0, 0.05) is 17.4 Å². The van der Waals surface area contributed by atoms with Gasteiger partial charge in [0.2, 0.25) is 10.0 Å². The molecule has 0 bridgehead atoms. The lowest BCUT2D eigenvalue weighted by Crippen LogP contribution is -2.31. The summed E-state index contributed by atoms with van der Waals surface area (Å²) in [6.07, 6.45) is 2.39. The molecule has 0 unspecified atom stereocenters. The van der Waals surface area contributed by atoms with Crippen LogP contribution in [-0.4, -0.2) is 39.6 Å². The van der Waals surface area contributed by atoms with E-state index in [4.69, 9.17) is 14.2 Å². The van der Waals surface area contributed by atoms with Crippen molar-refractivity contribution in [3.05, 3.63) is 46.4 Å². The Hall–Kier alpha value is -1.77. The van der Waals surface area contributed by atoms with E-state index in [1.54, 1.807) is 22.5 Å². The van der Waals surface area contributed by atoms with Crippen LogP contribution < -0.4 is 14.2 Å². The van der Waals surface area contributed by atoms with E-state index in [1.165, 1.54) is 7.11 Å². The lowest BCUT2D eigenvalue weighted by atomic mass is 10.0. The van der Waals surface area contributed by atoms with E-state index in [0.717, 1.165) is 24.8 Å². The third-order valence-electron chi connectivity index (χ3n) is 5.07. The van der Waals surface area contributed by atoms with Crippen molar-refractivity contribution in [2.24, 2.45) is 0 Å². The van der Waals surface area contributed by atoms with Gasteiger partial charge >= 0.3 is 0 Å². The van der Waals surface area contributed by atoms with Gasteiger partial charge in [-0.05, 0) is 48.7 Å². The van der Waals surface area contributed by atoms with Crippen LogP contribution in [-0.2, 0) is 10.0 Å². The van der Waals surface area contributed by atoms with Crippen LogP contribution in [0.5, 0.6) is 17.2 Å². The maximum Gasteiger partial charge on any atom is 0.247 e. The van der Waals surface area contributed by atoms with Gasteiger partial charge in [0.1, 0.15) is 10.6 Å². The molecule has 1 fully saturated rings. The second-order valence-electron chi connectivity index (χ2n) is 6.83. The third-order valence-corrected chi connectivity index (χ3v) is 7.49. The number of hydrogen-bond donors (Lipinski definition) is 0. The van der Waals surface area contributed by atoms with E-state index in [0.29, 0.717) is 41.5 Å². The number of halogens is 1. The molecule has 0 spiro atoms. The number of ether oxygens (including phenoxy) is 3. The molecule has 2 heterocycles. The number of hydrogen-bond acceptors (Lipinski definition) is 5. The zero-order valence-corrected chi connectivity index (χ0v) is 18.0. The highest BCUT2D eigenvalue weighted by molar-refractivity contribution is 9.10. The SMILES string of the molecule is COc1ccc(Br)cc1S(=O)(=O)N1CCC[C@@H]1c1ccc2c(c1)OCCCO2. The molecule has 0 aromatic heterocycles. The lowest BCUT2D eigenvalue weighted by Gasteiger charge is -2.26. The first-order chi connectivity index (χ1) is 13.5. The fourth-order valence-corrected chi connectivity index (χ4v) is 6.10. The standard InChI is InChI=1S/C20H22BrNO5S/c1-25-18-8-6-15(21)13-20(18)28(23,24)22-9-2-4-16(22)14-5-7-17-19(12-14)27-11-3-10-26-17/h5-8,12-13,16H,2-4,9-11H2,1H3/t16-/m1/s1. The van der Waals surface area contributed by atoms with Crippen LogP contribution in [0.1, 0.15) is 30.9 Å². The molecule has 4 rings (SSSR count). The number of sulfonamides is 1. The molecule has 8 heteroatoms. The first-order valence-electron chi connectivity index (χ1n) is 9.25. The summed E-state index contributed by atoms with van der Waals surface area (Å²) in [5.41, 5.74) is 0.916. The van der Waals surface area contributed by atoms with Crippen molar-refractivity contribution in [3.8, 4) is 17.2 Å². The molecular weight excluding hydrogens is 446 g/mol. The predicted molar refractivity (Wildman–Crippen MR) is 109 cm³/mol. The number of methoxy groups -OCH3 is 1. The van der Waals surface area contributed by atoms with Crippen molar-refractivity contribution in [3.63, 3.8) is 0 Å². The van der Waals surface area contributed by atoms with Gasteiger partial charge < -0.3 is 14.2 Å². The summed E-state index contributed by atoms with van der Waals surface area (Å²) in [5, 5.41) is 0. The smallest absolute Gasteiger partial charge is 0.247 e. The van der Waals surface area contributed by atoms with Crippen LogP contribution in [0.15, 0.2) is 45.8 Å². The summed E-state index contributed by atoms with van der Waals surface area (Å²) in [4.78, 5) is 0.172. The summed E-state index contributed by atoms with van der Waals surface area (Å²) < 4.78 is 46.0. The molecule has 2 aliphatic rings. The van der Waals surface area contributed by atoms with Crippen LogP contribution in [0, 0.1) is 0 Å². The van der Waals surface area contributed by atoms with Crippen molar-refractivity contribution in [1.82, 2.24) is 4.31 Å². The fraction of sp³-hybridized carbons (Fsp3) is 0.400. The number of fused-ring (bicyclic) bond motifs is 1. The molecule has 6 nitrogen and oxygen atoms in total. The quantitative estimate of drug-likeness (QED) is 0.675. The Balaban J connectivity index is 1.71. The Morgan fingerprint density at radius 1 is 1.07 bits per heavy atom. The average Bonchev–Trinajstić information content (AvgIpc) is 3.08. The Bertz CT molecular complexity index is 979. The van der Waals surface area contributed by atoms with Crippen molar-refractivity contribution in [1.29, 1.82) is 0 Å². The molecule has 2 aromatic rings. The first kappa shape index (κ1) is 19.5. The summed E-state index contributed by atoms with van der Waals surface area (Å²) in [7, 11) is -2.24. The van der Waals surface area contributed by atoms with Crippen LogP contribution in [0.3, 0.4) is 0 Å². The topological polar surface area (TPSA) is 65.1 Å². The van der Waals surface area contributed by atoms with Gasteiger partial charge in [-0.1, -0.05) is 22.0 Å². The van der Waals surface area contributed by atoms with Gasteiger partial charge in [-0.25, -0.2) is 8.42 Å². The number of nitrogens with zero attached hydrogens (tertiary/aromatic N) is 1. The summed E-state index contributed by atoms with van der Waals surface area (Å²) in [6, 6.07) is 10.5. The largest absolute Gasteiger partial charge is 0.495 e. The molecule has 0 amide bonds. The van der Waals surface area contributed by atoms with Gasteiger partial charge in [-0.2, -0.15) is 4.31 Å². The second kappa shape index (κ2) is 7.93. The Labute approximate surface area is 173 Å². The van der Waals surface area contributed by atoms with Crippen molar-refractivity contribution in [2.45, 2.75) is 30.2 Å². The molecular formula is C20H22BrNO5S. The van der Waals surface area contributed by atoms with Crippen molar-refractivity contribution < 1.29 is 22.6 Å². The van der Waals surface area contributed by atoms with Gasteiger partial charge in [-0.15, -0.1) is 0 Å². The van der Waals surface area contributed by atoms with Crippen molar-refractivity contribution in [2.75, 3.05) is 26.9 Å². The minimum absolute atomic E-state index is 0.172. The fourth-order valence-electron chi connectivity index (χ4n) is 3.73. The molecule has 1 saturated heterocycles. The van der Waals surface area contributed by atoms with Crippen LogP contribution in [0.25, 0.3) is 0 Å². The predicted octanol–water partition coefficient (Wildman–Crippen LogP) is 4.14. The molecule has 1 atom stereocenters. The van der Waals surface area contributed by atoms with Gasteiger partial charge in [0.25, 0.3) is 0 Å². The molecule has 0 radical (unpaired) electrons. The third kappa shape index (κ3) is 3.60. The monoisotopic (exact) mass is 467 g/mol. The second-order valence-corrected chi connectivity index (χ2v) is 9.60. The summed E-state index contributed by atoms with van der Waals surface area (Å²) >= 11 is 3.37. The maximum absolute atomic E-state index is 13.5. The molecule has 150 valence electrons. The summed E-state index contributed by atoms with van der Waals surface area (Å²) in [5.74, 6) is 1.73. The zero-order valence-electron chi connectivity index (χ0n) is 15.6. The van der Waals surface area contributed by atoms with E-state index in [2.05, 4.69) is 15.9 Å². The molecule has 0 saturated carbocycles. The van der Waals surface area contributed by atoms with Gasteiger partial charge in [0.05, 0.1) is 26.4 Å². The normalized spacial score (nSPS) is 20.0. The molecule has 2 aromatic carbocycles. The van der Waals surface area contributed by atoms with E-state index < -0.39 is 10.0 Å². The minimum Gasteiger partial charge on any atom is -0.495 e. The highest BCUT2D eigenvalue weighted by Crippen LogP contribution is 2.42. The molecule has 28 heavy (non-hydrogen) atoms. The maximum atomic E-state index is 13.5. The highest BCUT2D eigenvalue weighted by Gasteiger charge is 2.38. The Morgan fingerprint density at radius 3 is 2.64 bits per heavy atom.